The van der Waals surface area contributed by atoms with Gasteiger partial charge in [-0.15, -0.1) is 0 Å². The Balaban J connectivity index is 0.00000218. The van der Waals surface area contributed by atoms with Crippen LogP contribution in [-0.4, -0.2) is 30.8 Å². The zero-order chi connectivity index (χ0) is 23.1. The molecule has 2 unspecified atom stereocenters. The van der Waals surface area contributed by atoms with Gasteiger partial charge in [0.25, 0.3) is 0 Å². The molecule has 0 fully saturated rings. The lowest BCUT2D eigenvalue weighted by Crippen LogP contribution is -2.17. The first-order valence-corrected chi connectivity index (χ1v) is 9.39. The average Bonchev–Trinajstić information content (AvgIpc) is 3.11. The van der Waals surface area contributed by atoms with Gasteiger partial charge < -0.3 is 19.4 Å². The van der Waals surface area contributed by atoms with E-state index in [2.05, 4.69) is 0 Å². The van der Waals surface area contributed by atoms with Crippen molar-refractivity contribution in [3.8, 4) is 0 Å². The van der Waals surface area contributed by atoms with Crippen molar-refractivity contribution in [3.63, 3.8) is 0 Å². The quantitative estimate of drug-likeness (QED) is 0.234. The lowest BCUT2D eigenvalue weighted by atomic mass is 9.92. The summed E-state index contributed by atoms with van der Waals surface area (Å²) in [7, 11) is 0. The molecule has 30 heavy (non-hydrogen) atoms. The smallest absolute Gasteiger partial charge is 0.416 e. The van der Waals surface area contributed by atoms with Crippen molar-refractivity contribution >= 4 is 12.8 Å². The summed E-state index contributed by atoms with van der Waals surface area (Å²) in [6.45, 7) is 9.07. The van der Waals surface area contributed by atoms with Crippen LogP contribution in [0.4, 0.5) is 13.2 Å². The van der Waals surface area contributed by atoms with Crippen LogP contribution in [0.3, 0.4) is 0 Å². The van der Waals surface area contributed by atoms with E-state index in [9.17, 15) is 23.1 Å². The van der Waals surface area contributed by atoms with E-state index in [4.69, 9.17) is 14.3 Å². The fourth-order valence-corrected chi connectivity index (χ4v) is 3.08. The summed E-state index contributed by atoms with van der Waals surface area (Å²) in [4.78, 5) is 20.5. The van der Waals surface area contributed by atoms with Gasteiger partial charge in [0.2, 0.25) is 6.29 Å². The largest absolute Gasteiger partial charge is 0.468 e. The first kappa shape index (κ1) is 25.4. The minimum Gasteiger partial charge on any atom is -0.468 e. The van der Waals surface area contributed by atoms with Crippen LogP contribution in [0.1, 0.15) is 56.7 Å². The van der Waals surface area contributed by atoms with Gasteiger partial charge in [0.15, 0.2) is 0 Å². The van der Waals surface area contributed by atoms with Crippen LogP contribution >= 0.6 is 0 Å². The number of aliphatic hydroxyl groups is 1. The number of carbonyl (C=O) groups excluding carboxylic acids is 2. The van der Waals surface area contributed by atoms with Crippen molar-refractivity contribution in [2.24, 2.45) is 0 Å². The predicted octanol–water partition coefficient (Wildman–Crippen LogP) is 4.69. The predicted molar refractivity (Wildman–Crippen MR) is 105 cm³/mol. The zero-order valence-corrected chi connectivity index (χ0v) is 17.5. The molecule has 0 aliphatic heterocycles. The number of esters is 1. The molecule has 1 aliphatic carbocycles. The number of ether oxygens (including phenoxy) is 2. The molecule has 0 spiro atoms. The molecule has 1 N–H and O–H groups in total. The van der Waals surface area contributed by atoms with Gasteiger partial charge in [0.05, 0.1) is 24.0 Å². The lowest BCUT2D eigenvalue weighted by Gasteiger charge is -2.18. The Labute approximate surface area is 174 Å². The molecule has 0 saturated heterocycles. The normalized spacial score (nSPS) is 16.7. The summed E-state index contributed by atoms with van der Waals surface area (Å²) in [6.07, 6.45) is -3.60. The van der Waals surface area contributed by atoms with Crippen molar-refractivity contribution in [2.75, 3.05) is 6.61 Å². The molecular weight excluding hydrogens is 401 g/mol. The number of allylic oxidation sites excluding steroid dienone is 1. The zero-order valence-electron chi connectivity index (χ0n) is 17.5. The summed E-state index contributed by atoms with van der Waals surface area (Å²) in [5, 5.41) is 10.1. The Morgan fingerprint density at radius 1 is 1.30 bits per heavy atom. The molecule has 0 saturated carbocycles. The van der Waals surface area contributed by atoms with Crippen LogP contribution in [0.25, 0.3) is 0 Å². The molecule has 8 heteroatoms. The minimum absolute atomic E-state index is 0.0977. The van der Waals surface area contributed by atoms with Crippen LogP contribution in [0.2, 0.25) is 0 Å². The van der Waals surface area contributed by atoms with Crippen LogP contribution < -0.4 is 0 Å². The molecule has 0 radical (unpaired) electrons. The van der Waals surface area contributed by atoms with Crippen molar-refractivity contribution in [1.82, 2.24) is 0 Å². The first-order chi connectivity index (χ1) is 14.1. The molecular formula is C22H27F3O5. The molecule has 5 nitrogen and oxygen atoms in total. The molecule has 2 rings (SSSR count). The van der Waals surface area contributed by atoms with Gasteiger partial charge >= 0.3 is 12.1 Å². The fraction of sp³-hybridized carbons (Fsp3) is 0.455. The highest BCUT2D eigenvalue weighted by molar-refractivity contribution is 5.90. The van der Waals surface area contributed by atoms with E-state index in [0.717, 1.165) is 29.5 Å². The highest BCUT2D eigenvalue weighted by Gasteiger charge is 2.36. The molecule has 1 aliphatic rings. The van der Waals surface area contributed by atoms with Crippen LogP contribution in [-0.2, 0) is 31.7 Å². The van der Waals surface area contributed by atoms with E-state index >= 15 is 0 Å². The summed E-state index contributed by atoms with van der Waals surface area (Å²) in [5.74, 6) is -1.25. The molecule has 1 aromatic carbocycles. The number of hydrogen-bond donors (Lipinski definition) is 1. The topological polar surface area (TPSA) is 72.8 Å². The van der Waals surface area contributed by atoms with Gasteiger partial charge in [-0.05, 0) is 69.4 Å². The third-order valence-corrected chi connectivity index (χ3v) is 4.92. The number of benzene rings is 1. The average molecular weight is 428 g/mol. The van der Waals surface area contributed by atoms with Gasteiger partial charge in [-0.2, -0.15) is 13.2 Å². The summed E-state index contributed by atoms with van der Waals surface area (Å²) in [5.41, 5.74) is 1.98. The Morgan fingerprint density at radius 2 is 1.93 bits per heavy atom. The van der Waals surface area contributed by atoms with Gasteiger partial charge in [-0.25, -0.2) is 4.79 Å². The highest BCUT2D eigenvalue weighted by atomic mass is 19.4. The van der Waals surface area contributed by atoms with Crippen molar-refractivity contribution in [1.29, 1.82) is 0 Å². The number of rotatable bonds is 6. The van der Waals surface area contributed by atoms with E-state index < -0.39 is 29.9 Å². The molecule has 0 bridgehead atoms. The van der Waals surface area contributed by atoms with E-state index in [1.807, 2.05) is 20.6 Å². The van der Waals surface area contributed by atoms with Gasteiger partial charge in [0, 0.05) is 5.92 Å². The van der Waals surface area contributed by atoms with E-state index in [-0.39, 0.29) is 12.2 Å². The van der Waals surface area contributed by atoms with Gasteiger partial charge in [0.1, 0.15) is 6.79 Å². The van der Waals surface area contributed by atoms with Crippen molar-refractivity contribution in [2.45, 2.75) is 58.9 Å². The summed E-state index contributed by atoms with van der Waals surface area (Å²) < 4.78 is 49.7. The number of aryl methyl sites for hydroxylation is 1. The first-order valence-electron chi connectivity index (χ1n) is 9.39. The Bertz CT molecular complexity index is 807. The number of alkyl halides is 3. The standard InChI is InChI=1S/C21H25F3O4.CH2O/c1-5-27-20(26)18(11-28-19(25)13(4)12(2)3)16-9-7-14-6-8-15(10-17(14)16)21(22,23)24;1-2/h6,8,10-11,16,19,25H,5,7,9H2,1-4H3;1H2/b18-11+;. The van der Waals surface area contributed by atoms with Crippen LogP contribution in [0.5, 0.6) is 0 Å². The Hall–Kier alpha value is -2.61. The fourth-order valence-electron chi connectivity index (χ4n) is 3.08. The molecule has 166 valence electrons. The summed E-state index contributed by atoms with van der Waals surface area (Å²) >= 11 is 0. The van der Waals surface area contributed by atoms with Crippen molar-refractivity contribution < 1.29 is 37.3 Å². The van der Waals surface area contributed by atoms with Crippen molar-refractivity contribution in [3.05, 3.63) is 57.9 Å². The lowest BCUT2D eigenvalue weighted by molar-refractivity contribution is -0.139. The maximum absolute atomic E-state index is 13.1. The second kappa shape index (κ2) is 11.0. The van der Waals surface area contributed by atoms with Crippen LogP contribution in [0, 0.1) is 0 Å². The second-order valence-electron chi connectivity index (χ2n) is 6.97. The number of hydrogen-bond acceptors (Lipinski definition) is 5. The minimum atomic E-state index is -4.47. The second-order valence-corrected chi connectivity index (χ2v) is 6.97. The summed E-state index contributed by atoms with van der Waals surface area (Å²) in [6, 6.07) is 3.58. The number of aliphatic hydroxyl groups excluding tert-OH is 1. The molecule has 2 atom stereocenters. The number of halogens is 3. The van der Waals surface area contributed by atoms with E-state index in [1.54, 1.807) is 13.8 Å². The van der Waals surface area contributed by atoms with E-state index in [1.165, 1.54) is 6.07 Å². The maximum Gasteiger partial charge on any atom is 0.416 e. The Kier molecular flexibility index (Phi) is 9.29. The molecule has 0 aromatic heterocycles. The third kappa shape index (κ3) is 6.19. The monoisotopic (exact) mass is 428 g/mol. The Morgan fingerprint density at radius 3 is 2.47 bits per heavy atom. The van der Waals surface area contributed by atoms with Gasteiger partial charge in [-0.1, -0.05) is 11.6 Å². The molecule has 1 aromatic rings. The molecule has 0 heterocycles. The number of carbonyl (C=O) groups is 2. The maximum atomic E-state index is 13.1. The van der Waals surface area contributed by atoms with Gasteiger partial charge in [-0.3, -0.25) is 0 Å². The third-order valence-electron chi connectivity index (χ3n) is 4.92. The number of fused-ring (bicyclic) bond motifs is 1. The van der Waals surface area contributed by atoms with Crippen LogP contribution in [0.15, 0.2) is 41.2 Å². The highest BCUT2D eigenvalue weighted by Crippen LogP contribution is 2.41. The SMILES string of the molecule is C=O.CCOC(=O)/C(=C/OC(O)C(C)=C(C)C)C1CCc2ccc(C(F)(F)F)cc21. The van der Waals surface area contributed by atoms with E-state index in [0.29, 0.717) is 24.0 Å². The molecule has 0 amide bonds.